The van der Waals surface area contributed by atoms with Crippen LogP contribution >= 0.6 is 22.2 Å². The number of hydrogen-bond donors (Lipinski definition) is 4. The van der Waals surface area contributed by atoms with Gasteiger partial charge in [-0.3, -0.25) is 18.6 Å². The zero-order valence-corrected chi connectivity index (χ0v) is 18.8. The number of benzene rings is 1. The molecule has 4 rings (SSSR count). The summed E-state index contributed by atoms with van der Waals surface area (Å²) < 4.78 is 21.5. The van der Waals surface area contributed by atoms with Crippen molar-refractivity contribution in [1.29, 1.82) is 0 Å². The lowest BCUT2D eigenvalue weighted by Crippen LogP contribution is -2.23. The first-order chi connectivity index (χ1) is 14.5. The number of rotatable bonds is 4. The highest BCUT2D eigenvalue weighted by Gasteiger charge is 2.26. The van der Waals surface area contributed by atoms with Gasteiger partial charge in [0.25, 0.3) is 5.91 Å². The first-order valence-corrected chi connectivity index (χ1v) is 12.2. The summed E-state index contributed by atoms with van der Waals surface area (Å²) in [4.78, 5) is 17.0. The van der Waals surface area contributed by atoms with E-state index in [-0.39, 0.29) is 11.7 Å². The van der Waals surface area contributed by atoms with Gasteiger partial charge in [0.1, 0.15) is 11.3 Å². The average molecular weight is 465 g/mol. The van der Waals surface area contributed by atoms with E-state index in [2.05, 4.69) is 15.4 Å². The monoisotopic (exact) mass is 464 g/mol. The van der Waals surface area contributed by atoms with Crippen LogP contribution < -0.4 is 5.32 Å². The van der Waals surface area contributed by atoms with Crippen molar-refractivity contribution in [2.24, 2.45) is 0 Å². The summed E-state index contributed by atoms with van der Waals surface area (Å²) in [6.07, 6.45) is 3.18. The largest absolute Gasteiger partial charge is 0.384 e. The van der Waals surface area contributed by atoms with Crippen LogP contribution in [0.5, 0.6) is 0 Å². The van der Waals surface area contributed by atoms with E-state index in [1.165, 1.54) is 0 Å². The van der Waals surface area contributed by atoms with E-state index in [9.17, 15) is 19.0 Å². The van der Waals surface area contributed by atoms with Crippen molar-refractivity contribution in [2.45, 2.75) is 38.3 Å². The third-order valence-corrected chi connectivity index (χ3v) is 7.49. The van der Waals surface area contributed by atoms with Gasteiger partial charge in [0.2, 0.25) is 0 Å². The van der Waals surface area contributed by atoms with Crippen molar-refractivity contribution >= 4 is 44.7 Å². The fourth-order valence-corrected chi connectivity index (χ4v) is 5.31. The fraction of sp³-hybridized carbons (Fsp3) is 0.381. The molecular formula is C21H25ClN4O4S. The van der Waals surface area contributed by atoms with Gasteiger partial charge in [0.05, 0.1) is 28.0 Å². The Balaban J connectivity index is 1.56. The second-order valence-electron chi connectivity index (χ2n) is 8.36. The Kier molecular flexibility index (Phi) is 5.74. The van der Waals surface area contributed by atoms with E-state index in [1.807, 2.05) is 10.9 Å². The molecule has 166 valence electrons. The minimum Gasteiger partial charge on any atom is -0.384 e. The highest BCUT2D eigenvalue weighted by molar-refractivity contribution is 8.24. The molecule has 1 fully saturated rings. The summed E-state index contributed by atoms with van der Waals surface area (Å²) in [6.45, 7) is 3.21. The van der Waals surface area contributed by atoms with Crippen LogP contribution in [0.15, 0.2) is 36.5 Å². The van der Waals surface area contributed by atoms with Crippen LogP contribution in [0.1, 0.15) is 48.9 Å². The Hall–Kier alpha value is -2.17. The molecule has 1 amide bonds. The van der Waals surface area contributed by atoms with Gasteiger partial charge in [0, 0.05) is 23.1 Å². The van der Waals surface area contributed by atoms with Crippen LogP contribution in [0.25, 0.3) is 10.9 Å². The summed E-state index contributed by atoms with van der Waals surface area (Å²) in [5.74, 6) is 0.330. The van der Waals surface area contributed by atoms with Crippen molar-refractivity contribution in [2.75, 3.05) is 16.8 Å². The normalized spacial score (nSPS) is 18.1. The van der Waals surface area contributed by atoms with Crippen LogP contribution in [-0.2, 0) is 5.60 Å². The van der Waals surface area contributed by atoms with E-state index in [0.717, 1.165) is 5.39 Å². The van der Waals surface area contributed by atoms with E-state index in [0.29, 0.717) is 46.3 Å². The van der Waals surface area contributed by atoms with Crippen LogP contribution in [-0.4, -0.2) is 46.4 Å². The summed E-state index contributed by atoms with van der Waals surface area (Å²) in [6, 6.07) is 8.45. The quantitative estimate of drug-likeness (QED) is 0.446. The molecule has 31 heavy (non-hydrogen) atoms. The van der Waals surface area contributed by atoms with Gasteiger partial charge in [0.15, 0.2) is 0 Å². The number of fused-ring (bicyclic) bond motifs is 1. The topological polar surface area (TPSA) is 120 Å². The van der Waals surface area contributed by atoms with Crippen LogP contribution in [0.3, 0.4) is 0 Å². The molecule has 3 aromatic rings. The minimum atomic E-state index is -2.45. The molecule has 2 aromatic heterocycles. The molecule has 4 N–H and O–H groups in total. The molecular weight excluding hydrogens is 440 g/mol. The maximum atomic E-state index is 12.7. The first-order valence-electron chi connectivity index (χ1n) is 9.95. The second kappa shape index (κ2) is 8.07. The van der Waals surface area contributed by atoms with Gasteiger partial charge < -0.3 is 10.4 Å². The maximum absolute atomic E-state index is 12.7. The predicted octanol–water partition coefficient (Wildman–Crippen LogP) is 4.65. The number of nitrogens with zero attached hydrogens (tertiary/aromatic N) is 3. The van der Waals surface area contributed by atoms with Crippen LogP contribution in [0.4, 0.5) is 5.69 Å². The van der Waals surface area contributed by atoms with Gasteiger partial charge >= 0.3 is 0 Å². The highest BCUT2D eigenvalue weighted by atomic mass is 35.5. The molecule has 0 atom stereocenters. The summed E-state index contributed by atoms with van der Waals surface area (Å²) in [7, 11) is -2.45. The number of carbonyl (C=O) groups is 1. The van der Waals surface area contributed by atoms with Gasteiger partial charge in [-0.05, 0) is 51.0 Å². The van der Waals surface area contributed by atoms with Crippen molar-refractivity contribution in [3.8, 4) is 0 Å². The van der Waals surface area contributed by atoms with Gasteiger partial charge in [-0.1, -0.05) is 17.7 Å². The molecule has 0 radical (unpaired) electrons. The number of nitrogens with one attached hydrogen (secondary N) is 1. The molecule has 8 nitrogen and oxygen atoms in total. The van der Waals surface area contributed by atoms with Crippen LogP contribution in [0.2, 0.25) is 5.02 Å². The smallest absolute Gasteiger partial charge is 0.274 e. The molecule has 1 aliphatic heterocycles. The maximum Gasteiger partial charge on any atom is 0.274 e. The molecule has 1 saturated heterocycles. The third kappa shape index (κ3) is 4.86. The number of halogens is 1. The molecule has 1 aliphatic rings. The van der Waals surface area contributed by atoms with E-state index in [4.69, 9.17) is 11.6 Å². The Bertz CT molecular complexity index is 1130. The Labute approximate surface area is 186 Å². The Morgan fingerprint density at radius 3 is 2.65 bits per heavy atom. The van der Waals surface area contributed by atoms with Crippen LogP contribution in [0, 0.1) is 0 Å². The third-order valence-electron chi connectivity index (χ3n) is 5.40. The van der Waals surface area contributed by atoms with Gasteiger partial charge in [-0.2, -0.15) is 15.7 Å². The number of hydrogen-bond acceptors (Lipinski definition) is 6. The summed E-state index contributed by atoms with van der Waals surface area (Å²) >= 11 is 6.38. The fourth-order valence-electron chi connectivity index (χ4n) is 3.60. The second-order valence-corrected chi connectivity index (χ2v) is 11.2. The number of anilines is 1. The number of aliphatic hydroxyl groups is 1. The number of carbonyl (C=O) groups excluding carboxylic acids is 1. The molecule has 0 spiro atoms. The zero-order valence-electron chi connectivity index (χ0n) is 17.2. The molecule has 3 heterocycles. The lowest BCUT2D eigenvalue weighted by Gasteiger charge is -2.39. The van der Waals surface area contributed by atoms with Gasteiger partial charge in [-0.25, -0.2) is 4.98 Å². The zero-order chi connectivity index (χ0) is 22.4. The number of aromatic nitrogens is 3. The SMILES string of the molecule is CC(C)(O)c1cccc(C(=O)Nc2cc3cn(C4CCS(O)(O)CC4)nc3cc2Cl)n1. The summed E-state index contributed by atoms with van der Waals surface area (Å²) in [5.41, 5.74) is 0.544. The highest BCUT2D eigenvalue weighted by Crippen LogP contribution is 2.47. The first kappa shape index (κ1) is 22.0. The molecule has 1 aromatic carbocycles. The van der Waals surface area contributed by atoms with Crippen molar-refractivity contribution in [3.05, 3.63) is 52.9 Å². The number of pyridine rings is 1. The summed E-state index contributed by atoms with van der Waals surface area (Å²) in [5, 5.41) is 18.7. The Morgan fingerprint density at radius 2 is 1.97 bits per heavy atom. The molecule has 10 heteroatoms. The lowest BCUT2D eigenvalue weighted by atomic mass is 10.0. The van der Waals surface area contributed by atoms with Crippen molar-refractivity contribution in [3.63, 3.8) is 0 Å². The van der Waals surface area contributed by atoms with Gasteiger partial charge in [-0.15, -0.1) is 0 Å². The van der Waals surface area contributed by atoms with E-state index < -0.39 is 22.1 Å². The lowest BCUT2D eigenvalue weighted by molar-refractivity contribution is 0.0735. The standard InChI is InChI=1S/C21H25ClN4O4S/c1-21(2,28)19-5-3-4-16(23-19)20(27)24-18-10-13-12-26(25-17(13)11-15(18)22)14-6-8-31(29,30)9-7-14/h3-5,10-12,14,28-30H,6-9H2,1-2H3,(H,24,27). The molecule has 0 unspecified atom stereocenters. The molecule has 0 aliphatic carbocycles. The van der Waals surface area contributed by atoms with Crippen molar-refractivity contribution in [1.82, 2.24) is 14.8 Å². The average Bonchev–Trinajstić information content (AvgIpc) is 3.10. The number of amides is 1. The van der Waals surface area contributed by atoms with E-state index >= 15 is 0 Å². The Morgan fingerprint density at radius 1 is 1.26 bits per heavy atom. The predicted molar refractivity (Wildman–Crippen MR) is 123 cm³/mol. The molecule has 0 bridgehead atoms. The minimum absolute atomic E-state index is 0.0953. The molecule has 0 saturated carbocycles. The van der Waals surface area contributed by atoms with E-state index in [1.54, 1.807) is 44.2 Å². The van der Waals surface area contributed by atoms with Crippen molar-refractivity contribution < 1.29 is 19.0 Å².